The summed E-state index contributed by atoms with van der Waals surface area (Å²) in [6.07, 6.45) is 38.2. The third-order valence-electron chi connectivity index (χ3n) is 7.79. The lowest BCUT2D eigenvalue weighted by atomic mass is 9.89. The van der Waals surface area contributed by atoms with E-state index in [2.05, 4.69) is 27.7 Å². The van der Waals surface area contributed by atoms with Crippen LogP contribution in [0.15, 0.2) is 0 Å². The van der Waals surface area contributed by atoms with Gasteiger partial charge in [0.05, 0.1) is 0 Å². The molecule has 194 valence electrons. The Hall–Kier alpha value is 0. The number of unbranched alkanes of at least 4 members (excludes halogenated alkanes) is 17. The predicted octanol–water partition coefficient (Wildman–Crippen LogP) is 12.4. The quantitative estimate of drug-likeness (QED) is 0.109. The van der Waals surface area contributed by atoms with Gasteiger partial charge < -0.3 is 0 Å². The highest BCUT2D eigenvalue weighted by Crippen LogP contribution is 2.25. The lowest BCUT2D eigenvalue weighted by Gasteiger charge is -2.17. The Labute approximate surface area is 206 Å². The van der Waals surface area contributed by atoms with Crippen molar-refractivity contribution in [3.63, 3.8) is 0 Å². The van der Waals surface area contributed by atoms with Crippen molar-refractivity contribution in [3.8, 4) is 0 Å². The van der Waals surface area contributed by atoms with Gasteiger partial charge in [0, 0.05) is 0 Å². The topological polar surface area (TPSA) is 0 Å². The third-order valence-corrected chi connectivity index (χ3v) is 7.79. The van der Waals surface area contributed by atoms with Crippen LogP contribution in [0, 0.1) is 11.8 Å². The van der Waals surface area contributed by atoms with E-state index in [0.29, 0.717) is 0 Å². The van der Waals surface area contributed by atoms with Gasteiger partial charge in [-0.1, -0.05) is 195 Å². The fourth-order valence-electron chi connectivity index (χ4n) is 5.38. The highest BCUT2D eigenvalue weighted by molar-refractivity contribution is 4.62. The number of hydrogen-bond acceptors (Lipinski definition) is 0. The third kappa shape index (κ3) is 24.6. The van der Waals surface area contributed by atoms with Crippen molar-refractivity contribution in [2.45, 2.75) is 195 Å². The Morgan fingerprint density at radius 1 is 0.312 bits per heavy atom. The van der Waals surface area contributed by atoms with Crippen LogP contribution in [0.2, 0.25) is 0 Å². The van der Waals surface area contributed by atoms with E-state index in [1.165, 1.54) is 167 Å². The molecule has 32 heavy (non-hydrogen) atoms. The van der Waals surface area contributed by atoms with Crippen LogP contribution in [0.3, 0.4) is 0 Å². The summed E-state index contributed by atoms with van der Waals surface area (Å²) in [5.41, 5.74) is 0. The Balaban J connectivity index is 3.81. The molecule has 0 heterocycles. The molecule has 0 rings (SSSR count). The molecule has 0 bridgehead atoms. The Bertz CT molecular complexity index is 304. The summed E-state index contributed by atoms with van der Waals surface area (Å²) in [5, 5.41) is 0. The Kier molecular flexibility index (Phi) is 27.2. The second-order valence-electron chi connectivity index (χ2n) is 11.3. The molecule has 0 fully saturated rings. The molecule has 1 unspecified atom stereocenters. The molecule has 0 spiro atoms. The summed E-state index contributed by atoms with van der Waals surface area (Å²) in [6, 6.07) is 0. The largest absolute Gasteiger partial charge is 0.0654 e. The minimum Gasteiger partial charge on any atom is -0.0654 e. The van der Waals surface area contributed by atoms with Gasteiger partial charge in [0.1, 0.15) is 0 Å². The number of hydrogen-bond donors (Lipinski definition) is 0. The first-order valence-electron chi connectivity index (χ1n) is 15.7. The lowest BCUT2D eigenvalue weighted by molar-refractivity contribution is 0.364. The van der Waals surface area contributed by atoms with Gasteiger partial charge >= 0.3 is 0 Å². The van der Waals surface area contributed by atoms with E-state index >= 15 is 0 Å². The average Bonchev–Trinajstić information content (AvgIpc) is 2.80. The van der Waals surface area contributed by atoms with Crippen molar-refractivity contribution in [3.05, 3.63) is 0 Å². The van der Waals surface area contributed by atoms with Crippen LogP contribution in [0.25, 0.3) is 0 Å². The zero-order valence-electron chi connectivity index (χ0n) is 23.5. The van der Waals surface area contributed by atoms with Crippen LogP contribution in [-0.2, 0) is 0 Å². The van der Waals surface area contributed by atoms with E-state index in [9.17, 15) is 0 Å². The van der Waals surface area contributed by atoms with E-state index in [1.54, 1.807) is 0 Å². The average molecular weight is 451 g/mol. The van der Waals surface area contributed by atoms with Crippen molar-refractivity contribution in [1.82, 2.24) is 0 Å². The first-order chi connectivity index (χ1) is 15.7. The standard InChI is InChI=1S/C32H66/c1-5-8-11-14-18-23-28-32(29-24-19-15-12-9-6-2)30-25-20-16-17-22-27-31(4)26-21-13-10-7-3/h31-32H,5-30H2,1-4H3. The minimum atomic E-state index is 0.964. The maximum absolute atomic E-state index is 2.49. The van der Waals surface area contributed by atoms with E-state index in [0.717, 1.165) is 11.8 Å². The van der Waals surface area contributed by atoms with Gasteiger partial charge in [0.15, 0.2) is 0 Å². The maximum Gasteiger partial charge on any atom is -0.0414 e. The fraction of sp³-hybridized carbons (Fsp3) is 1.00. The van der Waals surface area contributed by atoms with Crippen molar-refractivity contribution in [1.29, 1.82) is 0 Å². The molecule has 0 heteroatoms. The summed E-state index contributed by atoms with van der Waals surface area (Å²) in [4.78, 5) is 0. The van der Waals surface area contributed by atoms with Crippen molar-refractivity contribution < 1.29 is 0 Å². The fourth-order valence-corrected chi connectivity index (χ4v) is 5.38. The van der Waals surface area contributed by atoms with Gasteiger partial charge in [-0.2, -0.15) is 0 Å². The van der Waals surface area contributed by atoms with Crippen LogP contribution in [0.1, 0.15) is 195 Å². The monoisotopic (exact) mass is 451 g/mol. The second-order valence-corrected chi connectivity index (χ2v) is 11.3. The van der Waals surface area contributed by atoms with E-state index in [4.69, 9.17) is 0 Å². The zero-order valence-corrected chi connectivity index (χ0v) is 23.5. The Morgan fingerprint density at radius 3 is 0.906 bits per heavy atom. The molecule has 0 N–H and O–H groups in total. The summed E-state index contributed by atoms with van der Waals surface area (Å²) >= 11 is 0. The van der Waals surface area contributed by atoms with E-state index < -0.39 is 0 Å². The normalized spacial score (nSPS) is 12.7. The zero-order chi connectivity index (χ0) is 23.5. The predicted molar refractivity (Wildman–Crippen MR) is 150 cm³/mol. The molecule has 0 amide bonds. The maximum atomic E-state index is 2.49. The summed E-state index contributed by atoms with van der Waals surface area (Å²) < 4.78 is 0. The first kappa shape index (κ1) is 32.0. The molecule has 0 radical (unpaired) electrons. The van der Waals surface area contributed by atoms with Gasteiger partial charge in [-0.3, -0.25) is 0 Å². The van der Waals surface area contributed by atoms with Gasteiger partial charge in [0.2, 0.25) is 0 Å². The van der Waals surface area contributed by atoms with Gasteiger partial charge in [-0.25, -0.2) is 0 Å². The van der Waals surface area contributed by atoms with Crippen molar-refractivity contribution in [2.75, 3.05) is 0 Å². The van der Waals surface area contributed by atoms with Crippen molar-refractivity contribution in [2.24, 2.45) is 11.8 Å². The lowest BCUT2D eigenvalue weighted by Crippen LogP contribution is -2.02. The molecule has 1 atom stereocenters. The Morgan fingerprint density at radius 2 is 0.562 bits per heavy atom. The van der Waals surface area contributed by atoms with Crippen LogP contribution in [0.5, 0.6) is 0 Å². The SMILES string of the molecule is CCCCCCCCC(CCCCCCCC)CCCCCCCC(C)CCCCCC. The summed E-state index contributed by atoms with van der Waals surface area (Å²) in [5.74, 6) is 2.00. The molecular weight excluding hydrogens is 384 g/mol. The molecule has 0 aliphatic heterocycles. The van der Waals surface area contributed by atoms with Crippen LogP contribution in [-0.4, -0.2) is 0 Å². The summed E-state index contributed by atoms with van der Waals surface area (Å²) in [6.45, 7) is 9.45. The molecule has 0 saturated heterocycles. The molecule has 0 saturated carbocycles. The van der Waals surface area contributed by atoms with E-state index in [1.807, 2.05) is 0 Å². The first-order valence-corrected chi connectivity index (χ1v) is 15.7. The highest BCUT2D eigenvalue weighted by Gasteiger charge is 2.09. The summed E-state index contributed by atoms with van der Waals surface area (Å²) in [7, 11) is 0. The van der Waals surface area contributed by atoms with Crippen LogP contribution >= 0.6 is 0 Å². The molecule has 0 nitrogen and oxygen atoms in total. The smallest absolute Gasteiger partial charge is 0.0414 e. The molecule has 0 aromatic heterocycles. The van der Waals surface area contributed by atoms with Gasteiger partial charge in [-0.15, -0.1) is 0 Å². The molecule has 0 aromatic rings. The molecule has 0 aliphatic carbocycles. The number of rotatable bonds is 27. The second kappa shape index (κ2) is 27.2. The highest BCUT2D eigenvalue weighted by atomic mass is 14.1. The van der Waals surface area contributed by atoms with E-state index in [-0.39, 0.29) is 0 Å². The molecule has 0 aliphatic rings. The van der Waals surface area contributed by atoms with Crippen molar-refractivity contribution >= 4 is 0 Å². The van der Waals surface area contributed by atoms with Crippen LogP contribution in [0.4, 0.5) is 0 Å². The van der Waals surface area contributed by atoms with Crippen LogP contribution < -0.4 is 0 Å². The van der Waals surface area contributed by atoms with Gasteiger partial charge in [0.25, 0.3) is 0 Å². The molecule has 0 aromatic carbocycles. The van der Waals surface area contributed by atoms with Gasteiger partial charge in [-0.05, 0) is 11.8 Å². The minimum absolute atomic E-state index is 0.964. The molecular formula is C32H66.